The van der Waals surface area contributed by atoms with E-state index in [4.69, 9.17) is 4.74 Å². The van der Waals surface area contributed by atoms with Gasteiger partial charge in [0.05, 0.1) is 17.4 Å². The maximum atomic E-state index is 13.5. The molecule has 2 aliphatic heterocycles. The molecule has 1 fully saturated rings. The average Bonchev–Trinajstić information content (AvgIpc) is 3.00. The fourth-order valence-corrected chi connectivity index (χ4v) is 3.89. The lowest BCUT2D eigenvalue weighted by atomic mass is 10.0. The van der Waals surface area contributed by atoms with E-state index in [1.54, 1.807) is 24.3 Å². The van der Waals surface area contributed by atoms with Crippen LogP contribution in [-0.4, -0.2) is 60.9 Å². The van der Waals surface area contributed by atoms with Crippen LogP contribution in [0.15, 0.2) is 60.3 Å². The van der Waals surface area contributed by atoms with Crippen molar-refractivity contribution in [1.82, 2.24) is 9.80 Å². The lowest BCUT2D eigenvalue weighted by molar-refractivity contribution is -0.120. The van der Waals surface area contributed by atoms with Crippen LogP contribution in [0, 0.1) is 0 Å². The van der Waals surface area contributed by atoms with E-state index in [1.165, 1.54) is 4.90 Å². The van der Waals surface area contributed by atoms with Gasteiger partial charge in [0.15, 0.2) is 0 Å². The molecule has 2 heterocycles. The first-order chi connectivity index (χ1) is 14.5. The Hall–Kier alpha value is -3.12. The zero-order valence-electron chi connectivity index (χ0n) is 17.7. The Morgan fingerprint density at radius 2 is 1.47 bits per heavy atom. The summed E-state index contributed by atoms with van der Waals surface area (Å²) in [4.78, 5) is 32.5. The van der Waals surface area contributed by atoms with Crippen molar-refractivity contribution in [1.29, 1.82) is 0 Å². The van der Waals surface area contributed by atoms with Gasteiger partial charge in [-0.05, 0) is 50.7 Å². The van der Waals surface area contributed by atoms with Crippen molar-refractivity contribution in [3.63, 3.8) is 0 Å². The predicted molar refractivity (Wildman–Crippen MR) is 117 cm³/mol. The van der Waals surface area contributed by atoms with Crippen molar-refractivity contribution in [2.24, 2.45) is 0 Å². The molecule has 0 unspecified atom stereocenters. The highest BCUT2D eigenvalue weighted by atomic mass is 16.5. The normalized spacial score (nSPS) is 18.0. The minimum absolute atomic E-state index is 0.0566. The number of hydrogen-bond donors (Lipinski definition) is 0. The first kappa shape index (κ1) is 20.2. The molecular formula is C24H27N3O3. The Morgan fingerprint density at radius 1 is 0.833 bits per heavy atom. The van der Waals surface area contributed by atoms with Crippen LogP contribution in [0.1, 0.15) is 19.4 Å². The molecule has 1 saturated heterocycles. The molecule has 0 aromatic heterocycles. The molecular weight excluding hydrogens is 378 g/mol. The third-order valence-corrected chi connectivity index (χ3v) is 5.41. The molecule has 2 aromatic rings. The van der Waals surface area contributed by atoms with E-state index in [2.05, 4.69) is 16.8 Å². The summed E-state index contributed by atoms with van der Waals surface area (Å²) < 4.78 is 5.69. The standard InChI is InChI=1S/C24H27N3O3/c1-17(2)30-20-11-9-19(10-12-20)27-23(28)21(18-7-5-4-6-8-18)22(24(27)29)26-15-13-25(3)14-16-26/h4-12,17H,13-16H2,1-3H3. The van der Waals surface area contributed by atoms with Gasteiger partial charge in [0.25, 0.3) is 11.8 Å². The number of imide groups is 1. The van der Waals surface area contributed by atoms with E-state index in [1.807, 2.05) is 44.2 Å². The number of piperazine rings is 1. The van der Waals surface area contributed by atoms with Crippen LogP contribution in [0.4, 0.5) is 5.69 Å². The van der Waals surface area contributed by atoms with Crippen molar-refractivity contribution in [2.45, 2.75) is 20.0 Å². The summed E-state index contributed by atoms with van der Waals surface area (Å²) in [5, 5.41) is 0. The number of carbonyl (C=O) groups excluding carboxylic acids is 2. The largest absolute Gasteiger partial charge is 0.491 e. The average molecular weight is 405 g/mol. The topological polar surface area (TPSA) is 53.1 Å². The molecule has 0 N–H and O–H groups in total. The highest BCUT2D eigenvalue weighted by molar-refractivity contribution is 6.45. The van der Waals surface area contributed by atoms with E-state index < -0.39 is 0 Å². The van der Waals surface area contributed by atoms with Crippen molar-refractivity contribution < 1.29 is 14.3 Å². The second-order valence-electron chi connectivity index (χ2n) is 7.99. The van der Waals surface area contributed by atoms with Gasteiger partial charge in [-0.25, -0.2) is 4.90 Å². The first-order valence-electron chi connectivity index (χ1n) is 10.3. The molecule has 0 atom stereocenters. The third-order valence-electron chi connectivity index (χ3n) is 5.41. The second kappa shape index (κ2) is 8.32. The molecule has 2 amide bonds. The monoisotopic (exact) mass is 405 g/mol. The quantitative estimate of drug-likeness (QED) is 0.716. The summed E-state index contributed by atoms with van der Waals surface area (Å²) in [6.07, 6.45) is 0.0566. The van der Waals surface area contributed by atoms with Crippen LogP contribution in [0.3, 0.4) is 0 Å². The van der Waals surface area contributed by atoms with Crippen LogP contribution < -0.4 is 9.64 Å². The maximum absolute atomic E-state index is 13.5. The Morgan fingerprint density at radius 3 is 2.07 bits per heavy atom. The van der Waals surface area contributed by atoms with Gasteiger partial charge in [-0.1, -0.05) is 30.3 Å². The summed E-state index contributed by atoms with van der Waals surface area (Å²) in [5.74, 6) is 0.168. The van der Waals surface area contributed by atoms with Crippen LogP contribution >= 0.6 is 0 Å². The smallest absolute Gasteiger partial charge is 0.282 e. The fourth-order valence-electron chi connectivity index (χ4n) is 3.89. The Balaban J connectivity index is 1.71. The van der Waals surface area contributed by atoms with E-state index >= 15 is 0 Å². The minimum atomic E-state index is -0.280. The number of benzene rings is 2. The molecule has 2 aromatic carbocycles. The molecule has 0 aliphatic carbocycles. The molecule has 0 radical (unpaired) electrons. The predicted octanol–water partition coefficient (Wildman–Crippen LogP) is 3.01. The van der Waals surface area contributed by atoms with Gasteiger partial charge in [-0.3, -0.25) is 9.59 Å². The SMILES string of the molecule is CC(C)Oc1ccc(N2C(=O)C(c3ccccc3)=C(N3CCN(C)CC3)C2=O)cc1. The zero-order chi connectivity index (χ0) is 21.3. The van der Waals surface area contributed by atoms with Crippen LogP contribution in [0.25, 0.3) is 5.57 Å². The molecule has 6 nitrogen and oxygen atoms in total. The molecule has 30 heavy (non-hydrogen) atoms. The second-order valence-corrected chi connectivity index (χ2v) is 7.99. The van der Waals surface area contributed by atoms with Crippen LogP contribution in [0.5, 0.6) is 5.75 Å². The lowest BCUT2D eigenvalue weighted by Gasteiger charge is -2.34. The molecule has 156 valence electrons. The summed E-state index contributed by atoms with van der Waals surface area (Å²) >= 11 is 0. The number of carbonyl (C=O) groups is 2. The van der Waals surface area contributed by atoms with Gasteiger partial charge >= 0.3 is 0 Å². The van der Waals surface area contributed by atoms with Gasteiger partial charge in [0.2, 0.25) is 0 Å². The van der Waals surface area contributed by atoms with Gasteiger partial charge < -0.3 is 14.5 Å². The van der Waals surface area contributed by atoms with Crippen molar-refractivity contribution in [3.05, 3.63) is 65.9 Å². The van der Waals surface area contributed by atoms with Gasteiger partial charge in [0.1, 0.15) is 11.4 Å². The third kappa shape index (κ3) is 3.83. The van der Waals surface area contributed by atoms with Crippen LogP contribution in [-0.2, 0) is 9.59 Å². The fraction of sp³-hybridized carbons (Fsp3) is 0.333. The van der Waals surface area contributed by atoms with Gasteiger partial charge in [-0.2, -0.15) is 0 Å². The minimum Gasteiger partial charge on any atom is -0.491 e. The van der Waals surface area contributed by atoms with E-state index in [9.17, 15) is 9.59 Å². The van der Waals surface area contributed by atoms with E-state index in [0.29, 0.717) is 22.7 Å². The summed E-state index contributed by atoms with van der Waals surface area (Å²) in [6.45, 7) is 7.06. The summed E-state index contributed by atoms with van der Waals surface area (Å²) in [7, 11) is 2.07. The maximum Gasteiger partial charge on any atom is 0.282 e. The van der Waals surface area contributed by atoms with Gasteiger partial charge in [-0.15, -0.1) is 0 Å². The number of likely N-dealkylation sites (N-methyl/N-ethyl adjacent to an activating group) is 1. The number of anilines is 1. The molecule has 2 aliphatic rings. The number of ether oxygens (including phenoxy) is 1. The van der Waals surface area contributed by atoms with E-state index in [-0.39, 0.29) is 17.9 Å². The molecule has 4 rings (SSSR count). The number of rotatable bonds is 5. The van der Waals surface area contributed by atoms with Crippen LogP contribution in [0.2, 0.25) is 0 Å². The highest BCUT2D eigenvalue weighted by Crippen LogP contribution is 2.35. The zero-order valence-corrected chi connectivity index (χ0v) is 17.7. The Kier molecular flexibility index (Phi) is 5.59. The van der Waals surface area contributed by atoms with Crippen molar-refractivity contribution in [2.75, 3.05) is 38.1 Å². The Bertz CT molecular complexity index is 959. The number of hydrogen-bond acceptors (Lipinski definition) is 5. The first-order valence-corrected chi connectivity index (χ1v) is 10.3. The van der Waals surface area contributed by atoms with E-state index in [0.717, 1.165) is 31.7 Å². The molecule has 0 saturated carbocycles. The van der Waals surface area contributed by atoms with Gasteiger partial charge in [0, 0.05) is 26.2 Å². The molecule has 6 heteroatoms. The summed E-state index contributed by atoms with van der Waals surface area (Å²) in [6, 6.07) is 16.6. The number of nitrogens with zero attached hydrogens (tertiary/aromatic N) is 3. The number of amides is 2. The van der Waals surface area contributed by atoms with Crippen molar-refractivity contribution >= 4 is 23.1 Å². The lowest BCUT2D eigenvalue weighted by Crippen LogP contribution is -2.46. The Labute approximate surface area is 177 Å². The highest BCUT2D eigenvalue weighted by Gasteiger charge is 2.42. The molecule has 0 bridgehead atoms. The molecule has 0 spiro atoms. The summed E-state index contributed by atoms with van der Waals surface area (Å²) in [5.41, 5.74) is 2.31. The van der Waals surface area contributed by atoms with Crippen molar-refractivity contribution in [3.8, 4) is 5.75 Å².